The maximum atomic E-state index is 11.6. The zero-order valence-corrected chi connectivity index (χ0v) is 14.9. The van der Waals surface area contributed by atoms with Crippen molar-refractivity contribution in [3.63, 3.8) is 0 Å². The number of nitrogens with one attached hydrogen (secondary N) is 2. The van der Waals surface area contributed by atoms with Crippen LogP contribution in [0.4, 0.5) is 0 Å². The van der Waals surface area contributed by atoms with E-state index in [0.29, 0.717) is 0 Å². The Morgan fingerprint density at radius 2 is 1.77 bits per heavy atom. The van der Waals surface area contributed by atoms with Crippen LogP contribution >= 0.6 is 0 Å². The van der Waals surface area contributed by atoms with Crippen LogP contribution in [0.1, 0.15) is 12.0 Å². The lowest BCUT2D eigenvalue weighted by Crippen LogP contribution is -2.38. The highest BCUT2D eigenvalue weighted by atomic mass is 16.5. The van der Waals surface area contributed by atoms with Crippen LogP contribution in [0.15, 0.2) is 36.4 Å². The molecule has 2 N–H and O–H groups in total. The van der Waals surface area contributed by atoms with Crippen molar-refractivity contribution in [1.82, 2.24) is 15.5 Å². The molecule has 26 heavy (non-hydrogen) atoms. The molecule has 0 fully saturated rings. The van der Waals surface area contributed by atoms with E-state index in [0.717, 1.165) is 5.56 Å². The summed E-state index contributed by atoms with van der Waals surface area (Å²) in [6.07, 6.45) is 2.97. The first-order valence-corrected chi connectivity index (χ1v) is 8.02. The number of esters is 1. The first kappa shape index (κ1) is 20.9. The van der Waals surface area contributed by atoms with Gasteiger partial charge in [0.1, 0.15) is 0 Å². The molecule has 3 amide bonds. The standard InChI is InChI=1S/C18H23N3O5/c1-21(2)17(24)12-20-16(23)13-26-18(25)10-11-19-15(22)9-8-14-6-4-3-5-7-14/h3-9H,10-13H2,1-2H3,(H,19,22)(H,20,23)/b9-8+. The van der Waals surface area contributed by atoms with Crippen LogP contribution in [0.2, 0.25) is 0 Å². The van der Waals surface area contributed by atoms with E-state index in [9.17, 15) is 19.2 Å². The Kier molecular flexibility index (Phi) is 9.16. The second-order valence-electron chi connectivity index (χ2n) is 5.51. The van der Waals surface area contributed by atoms with Crippen molar-refractivity contribution >= 4 is 29.8 Å². The number of carbonyl (C=O) groups excluding carboxylic acids is 4. The first-order valence-electron chi connectivity index (χ1n) is 8.02. The number of benzene rings is 1. The van der Waals surface area contributed by atoms with Gasteiger partial charge in [0.05, 0.1) is 13.0 Å². The molecule has 8 nitrogen and oxygen atoms in total. The minimum absolute atomic E-state index is 0.0607. The minimum atomic E-state index is -0.619. The fourth-order valence-corrected chi connectivity index (χ4v) is 1.68. The van der Waals surface area contributed by atoms with Crippen molar-refractivity contribution in [1.29, 1.82) is 0 Å². The van der Waals surface area contributed by atoms with Crippen LogP contribution in [0.3, 0.4) is 0 Å². The maximum absolute atomic E-state index is 11.6. The smallest absolute Gasteiger partial charge is 0.308 e. The Morgan fingerprint density at radius 3 is 2.42 bits per heavy atom. The van der Waals surface area contributed by atoms with Crippen LogP contribution in [-0.4, -0.2) is 62.4 Å². The molecule has 0 heterocycles. The van der Waals surface area contributed by atoms with Crippen LogP contribution in [0, 0.1) is 0 Å². The Hall–Kier alpha value is -3.16. The fourth-order valence-electron chi connectivity index (χ4n) is 1.68. The predicted molar refractivity (Wildman–Crippen MR) is 95.8 cm³/mol. The molecule has 0 unspecified atom stereocenters. The van der Waals surface area contributed by atoms with Crippen molar-refractivity contribution in [3.8, 4) is 0 Å². The normalized spacial score (nSPS) is 10.2. The SMILES string of the molecule is CN(C)C(=O)CNC(=O)COC(=O)CCNC(=O)/C=C/c1ccccc1. The average molecular weight is 361 g/mol. The summed E-state index contributed by atoms with van der Waals surface area (Å²) in [5.74, 6) is -1.78. The summed E-state index contributed by atoms with van der Waals surface area (Å²) < 4.78 is 4.76. The summed E-state index contributed by atoms with van der Waals surface area (Å²) in [5, 5.41) is 4.89. The van der Waals surface area contributed by atoms with Gasteiger partial charge in [-0.3, -0.25) is 19.2 Å². The fraction of sp³-hybridized carbons (Fsp3) is 0.333. The van der Waals surface area contributed by atoms with E-state index in [1.54, 1.807) is 20.2 Å². The predicted octanol–water partition coefficient (Wildman–Crippen LogP) is -0.0463. The van der Waals surface area contributed by atoms with Gasteiger partial charge in [-0.1, -0.05) is 30.3 Å². The number of ether oxygens (including phenoxy) is 1. The molecule has 0 aliphatic heterocycles. The average Bonchev–Trinajstić information content (AvgIpc) is 2.63. The quantitative estimate of drug-likeness (QED) is 0.474. The summed E-state index contributed by atoms with van der Waals surface area (Å²) in [4.78, 5) is 47.2. The largest absolute Gasteiger partial charge is 0.456 e. The van der Waals surface area contributed by atoms with Crippen molar-refractivity contribution in [2.45, 2.75) is 6.42 Å². The van der Waals surface area contributed by atoms with E-state index in [1.165, 1.54) is 11.0 Å². The van der Waals surface area contributed by atoms with Crippen LogP contribution in [0.5, 0.6) is 0 Å². The Labute approximate surface area is 152 Å². The highest BCUT2D eigenvalue weighted by molar-refractivity contribution is 5.92. The third kappa shape index (κ3) is 9.21. The second-order valence-corrected chi connectivity index (χ2v) is 5.51. The molecule has 0 bridgehead atoms. The van der Waals surface area contributed by atoms with Gasteiger partial charge in [0.25, 0.3) is 5.91 Å². The molecular weight excluding hydrogens is 338 g/mol. The molecule has 1 aromatic rings. The topological polar surface area (TPSA) is 105 Å². The summed E-state index contributed by atoms with van der Waals surface area (Å²) >= 11 is 0. The molecule has 0 saturated heterocycles. The van der Waals surface area contributed by atoms with Gasteiger partial charge in [-0.2, -0.15) is 0 Å². The van der Waals surface area contributed by atoms with Crippen LogP contribution < -0.4 is 10.6 Å². The molecule has 1 rings (SSSR count). The number of rotatable bonds is 9. The van der Waals surface area contributed by atoms with Gasteiger partial charge in [-0.25, -0.2) is 0 Å². The Balaban J connectivity index is 2.16. The molecular formula is C18H23N3O5. The zero-order valence-electron chi connectivity index (χ0n) is 14.9. The van der Waals surface area contributed by atoms with E-state index in [2.05, 4.69) is 10.6 Å². The first-order chi connectivity index (χ1) is 12.4. The number of likely N-dealkylation sites (N-methyl/N-ethyl adjacent to an activating group) is 1. The lowest BCUT2D eigenvalue weighted by atomic mass is 10.2. The summed E-state index contributed by atoms with van der Waals surface area (Å²) in [6, 6.07) is 9.32. The van der Waals surface area contributed by atoms with Crippen LogP contribution in [-0.2, 0) is 23.9 Å². The Bertz CT molecular complexity index is 656. The number of hydrogen-bond donors (Lipinski definition) is 2. The molecule has 0 aromatic heterocycles. The maximum Gasteiger partial charge on any atom is 0.308 e. The molecule has 0 atom stereocenters. The number of hydrogen-bond acceptors (Lipinski definition) is 5. The van der Waals surface area contributed by atoms with E-state index in [1.807, 2.05) is 30.3 Å². The molecule has 1 aromatic carbocycles. The number of nitrogens with zero attached hydrogens (tertiary/aromatic N) is 1. The minimum Gasteiger partial charge on any atom is -0.456 e. The highest BCUT2D eigenvalue weighted by Gasteiger charge is 2.10. The molecule has 0 saturated carbocycles. The summed E-state index contributed by atoms with van der Waals surface area (Å²) in [6.45, 7) is -0.536. The van der Waals surface area contributed by atoms with Crippen molar-refractivity contribution in [3.05, 3.63) is 42.0 Å². The van der Waals surface area contributed by atoms with Gasteiger partial charge in [0, 0.05) is 26.7 Å². The molecule has 0 radical (unpaired) electrons. The monoisotopic (exact) mass is 361 g/mol. The van der Waals surface area contributed by atoms with E-state index in [-0.39, 0.29) is 31.3 Å². The lowest BCUT2D eigenvalue weighted by Gasteiger charge is -2.11. The van der Waals surface area contributed by atoms with Gasteiger partial charge in [-0.15, -0.1) is 0 Å². The van der Waals surface area contributed by atoms with Gasteiger partial charge in [0.2, 0.25) is 11.8 Å². The molecule has 140 valence electrons. The third-order valence-corrected chi connectivity index (χ3v) is 3.15. The Morgan fingerprint density at radius 1 is 1.08 bits per heavy atom. The van der Waals surface area contributed by atoms with Gasteiger partial charge in [-0.05, 0) is 11.6 Å². The summed E-state index contributed by atoms with van der Waals surface area (Å²) in [5.41, 5.74) is 0.890. The van der Waals surface area contributed by atoms with Crippen molar-refractivity contribution in [2.24, 2.45) is 0 Å². The van der Waals surface area contributed by atoms with Gasteiger partial charge < -0.3 is 20.3 Å². The van der Waals surface area contributed by atoms with Crippen molar-refractivity contribution in [2.75, 3.05) is 33.8 Å². The van der Waals surface area contributed by atoms with E-state index >= 15 is 0 Å². The molecule has 0 spiro atoms. The number of carbonyl (C=O) groups is 4. The van der Waals surface area contributed by atoms with Crippen LogP contribution in [0.25, 0.3) is 6.08 Å². The van der Waals surface area contributed by atoms with Gasteiger partial charge in [0.15, 0.2) is 6.61 Å². The molecule has 8 heteroatoms. The molecule has 0 aliphatic rings. The van der Waals surface area contributed by atoms with Gasteiger partial charge >= 0.3 is 5.97 Å². The molecule has 0 aliphatic carbocycles. The van der Waals surface area contributed by atoms with Crippen molar-refractivity contribution < 1.29 is 23.9 Å². The zero-order chi connectivity index (χ0) is 19.4. The summed E-state index contributed by atoms with van der Waals surface area (Å²) in [7, 11) is 3.13. The lowest BCUT2D eigenvalue weighted by molar-refractivity contribution is -0.148. The highest BCUT2D eigenvalue weighted by Crippen LogP contribution is 2.00. The third-order valence-electron chi connectivity index (χ3n) is 3.15. The van der Waals surface area contributed by atoms with E-state index in [4.69, 9.17) is 4.74 Å². The number of amides is 3. The second kappa shape index (κ2) is 11.4. The van der Waals surface area contributed by atoms with E-state index < -0.39 is 18.5 Å².